The third-order valence-electron chi connectivity index (χ3n) is 2.91. The first-order valence-corrected chi connectivity index (χ1v) is 7.12. The van der Waals surface area contributed by atoms with Gasteiger partial charge in [0.25, 0.3) is 0 Å². The number of rotatable bonds is 6. The Labute approximate surface area is 124 Å². The van der Waals surface area contributed by atoms with Crippen molar-refractivity contribution in [1.29, 1.82) is 0 Å². The quantitative estimate of drug-likeness (QED) is 0.861. The van der Waals surface area contributed by atoms with Crippen LogP contribution in [0, 0.1) is 6.92 Å². The third kappa shape index (κ3) is 4.29. The van der Waals surface area contributed by atoms with Crippen molar-refractivity contribution < 1.29 is 9.15 Å². The van der Waals surface area contributed by atoms with Crippen LogP contribution in [0.15, 0.2) is 34.7 Å². The smallest absolute Gasteiger partial charge is 0.146 e. The molecule has 0 bridgehead atoms. The van der Waals surface area contributed by atoms with Crippen molar-refractivity contribution in [2.45, 2.75) is 40.0 Å². The van der Waals surface area contributed by atoms with E-state index in [1.165, 1.54) is 0 Å². The van der Waals surface area contributed by atoms with Gasteiger partial charge in [-0.1, -0.05) is 25.4 Å². The molecule has 0 fully saturated rings. The number of hydrogen-bond donors (Lipinski definition) is 1. The van der Waals surface area contributed by atoms with Crippen molar-refractivity contribution in [3.05, 3.63) is 52.4 Å². The average Bonchev–Trinajstić information content (AvgIpc) is 2.83. The SMILES string of the molecule is Cc1cc(Cl)ccc1OCc1ccc(CNC(C)C)o1. The van der Waals surface area contributed by atoms with Crippen molar-refractivity contribution in [2.24, 2.45) is 0 Å². The molecule has 0 saturated carbocycles. The van der Waals surface area contributed by atoms with E-state index in [2.05, 4.69) is 19.2 Å². The Hall–Kier alpha value is -1.45. The number of nitrogens with one attached hydrogen (secondary N) is 1. The zero-order valence-electron chi connectivity index (χ0n) is 12.1. The summed E-state index contributed by atoms with van der Waals surface area (Å²) in [5.74, 6) is 2.57. The lowest BCUT2D eigenvalue weighted by atomic mass is 10.2. The molecule has 0 aliphatic carbocycles. The molecule has 0 spiro atoms. The van der Waals surface area contributed by atoms with Crippen LogP contribution in [0.3, 0.4) is 0 Å². The minimum absolute atomic E-state index is 0.421. The molecule has 1 N–H and O–H groups in total. The van der Waals surface area contributed by atoms with E-state index in [-0.39, 0.29) is 0 Å². The molecular weight excluding hydrogens is 274 g/mol. The molecule has 0 radical (unpaired) electrons. The van der Waals surface area contributed by atoms with E-state index in [4.69, 9.17) is 20.8 Å². The van der Waals surface area contributed by atoms with Gasteiger partial charge in [-0.05, 0) is 42.8 Å². The van der Waals surface area contributed by atoms with Gasteiger partial charge in [-0.2, -0.15) is 0 Å². The molecule has 3 nitrogen and oxygen atoms in total. The lowest BCUT2D eigenvalue weighted by Gasteiger charge is -2.08. The Kier molecular flexibility index (Phi) is 5.10. The highest BCUT2D eigenvalue weighted by Gasteiger charge is 2.05. The van der Waals surface area contributed by atoms with Crippen LogP contribution in [-0.2, 0) is 13.2 Å². The summed E-state index contributed by atoms with van der Waals surface area (Å²) < 4.78 is 11.4. The summed E-state index contributed by atoms with van der Waals surface area (Å²) in [4.78, 5) is 0. The molecule has 108 valence electrons. The van der Waals surface area contributed by atoms with Crippen LogP contribution < -0.4 is 10.1 Å². The van der Waals surface area contributed by atoms with Crippen molar-refractivity contribution >= 4 is 11.6 Å². The highest BCUT2D eigenvalue weighted by molar-refractivity contribution is 6.30. The van der Waals surface area contributed by atoms with Gasteiger partial charge in [-0.15, -0.1) is 0 Å². The van der Waals surface area contributed by atoms with E-state index >= 15 is 0 Å². The minimum atomic E-state index is 0.421. The van der Waals surface area contributed by atoms with E-state index in [1.807, 2.05) is 37.3 Å². The maximum atomic E-state index is 5.92. The van der Waals surface area contributed by atoms with Gasteiger partial charge in [0.2, 0.25) is 0 Å². The molecular formula is C16H20ClNO2. The Morgan fingerprint density at radius 3 is 2.65 bits per heavy atom. The summed E-state index contributed by atoms with van der Waals surface area (Å²) in [6, 6.07) is 9.95. The normalized spacial score (nSPS) is 11.1. The lowest BCUT2D eigenvalue weighted by molar-refractivity contribution is 0.263. The maximum Gasteiger partial charge on any atom is 0.146 e. The van der Waals surface area contributed by atoms with E-state index in [0.717, 1.165) is 34.4 Å². The summed E-state index contributed by atoms with van der Waals surface area (Å²) >= 11 is 5.92. The average molecular weight is 294 g/mol. The summed E-state index contributed by atoms with van der Waals surface area (Å²) in [5, 5.41) is 4.03. The summed E-state index contributed by atoms with van der Waals surface area (Å²) in [6.07, 6.45) is 0. The monoisotopic (exact) mass is 293 g/mol. The first-order chi connectivity index (χ1) is 9.54. The number of aryl methyl sites for hydroxylation is 1. The second-order valence-electron chi connectivity index (χ2n) is 5.10. The predicted octanol–water partition coefficient (Wildman–Crippen LogP) is 4.32. The molecule has 0 saturated heterocycles. The Bertz CT molecular complexity index is 563. The summed E-state index contributed by atoms with van der Waals surface area (Å²) in [7, 11) is 0. The van der Waals surface area contributed by atoms with Gasteiger partial charge < -0.3 is 14.5 Å². The fraction of sp³-hybridized carbons (Fsp3) is 0.375. The number of hydrogen-bond acceptors (Lipinski definition) is 3. The first kappa shape index (κ1) is 14.9. The van der Waals surface area contributed by atoms with E-state index in [0.29, 0.717) is 12.6 Å². The Morgan fingerprint density at radius 2 is 1.95 bits per heavy atom. The number of benzene rings is 1. The van der Waals surface area contributed by atoms with Crippen LogP contribution in [0.25, 0.3) is 0 Å². The largest absolute Gasteiger partial charge is 0.485 e. The first-order valence-electron chi connectivity index (χ1n) is 6.74. The predicted molar refractivity (Wildman–Crippen MR) is 81.2 cm³/mol. The maximum absolute atomic E-state index is 5.92. The van der Waals surface area contributed by atoms with E-state index < -0.39 is 0 Å². The summed E-state index contributed by atoms with van der Waals surface area (Å²) in [6.45, 7) is 7.34. The molecule has 2 aromatic rings. The van der Waals surface area contributed by atoms with Crippen LogP contribution in [0.2, 0.25) is 5.02 Å². The van der Waals surface area contributed by atoms with Gasteiger partial charge in [0.15, 0.2) is 0 Å². The standard InChI is InChI=1S/C16H20ClNO2/c1-11(2)18-9-14-5-6-15(20-14)10-19-16-7-4-13(17)8-12(16)3/h4-8,11,18H,9-10H2,1-3H3. The molecule has 0 aliphatic heterocycles. The fourth-order valence-electron chi connectivity index (χ4n) is 1.82. The Morgan fingerprint density at radius 1 is 1.20 bits per heavy atom. The van der Waals surface area contributed by atoms with Gasteiger partial charge in [0.1, 0.15) is 23.9 Å². The molecule has 20 heavy (non-hydrogen) atoms. The third-order valence-corrected chi connectivity index (χ3v) is 3.14. The highest BCUT2D eigenvalue weighted by atomic mass is 35.5. The van der Waals surface area contributed by atoms with Gasteiger partial charge in [-0.25, -0.2) is 0 Å². The van der Waals surface area contributed by atoms with E-state index in [1.54, 1.807) is 0 Å². The molecule has 4 heteroatoms. The number of furan rings is 1. The summed E-state index contributed by atoms with van der Waals surface area (Å²) in [5.41, 5.74) is 1.02. The molecule has 0 amide bonds. The van der Waals surface area contributed by atoms with Gasteiger partial charge in [0.05, 0.1) is 6.54 Å². The lowest BCUT2D eigenvalue weighted by Crippen LogP contribution is -2.21. The van der Waals surface area contributed by atoms with Crippen molar-refractivity contribution in [3.8, 4) is 5.75 Å². The molecule has 1 aromatic carbocycles. The topological polar surface area (TPSA) is 34.4 Å². The fourth-order valence-corrected chi connectivity index (χ4v) is 2.05. The number of ether oxygens (including phenoxy) is 1. The van der Waals surface area contributed by atoms with Gasteiger partial charge >= 0.3 is 0 Å². The van der Waals surface area contributed by atoms with Crippen molar-refractivity contribution in [3.63, 3.8) is 0 Å². The molecule has 1 heterocycles. The minimum Gasteiger partial charge on any atom is -0.485 e. The van der Waals surface area contributed by atoms with Gasteiger partial charge in [0, 0.05) is 11.1 Å². The zero-order chi connectivity index (χ0) is 14.5. The second-order valence-corrected chi connectivity index (χ2v) is 5.54. The van der Waals surface area contributed by atoms with Crippen molar-refractivity contribution in [2.75, 3.05) is 0 Å². The van der Waals surface area contributed by atoms with Gasteiger partial charge in [-0.3, -0.25) is 0 Å². The van der Waals surface area contributed by atoms with Crippen LogP contribution in [0.5, 0.6) is 5.75 Å². The highest BCUT2D eigenvalue weighted by Crippen LogP contribution is 2.23. The molecule has 0 aliphatic rings. The van der Waals surface area contributed by atoms with E-state index in [9.17, 15) is 0 Å². The molecule has 2 rings (SSSR count). The van der Waals surface area contributed by atoms with Crippen molar-refractivity contribution in [1.82, 2.24) is 5.32 Å². The van der Waals surface area contributed by atoms with Crippen LogP contribution in [0.1, 0.15) is 30.9 Å². The van der Waals surface area contributed by atoms with Crippen LogP contribution in [0.4, 0.5) is 0 Å². The molecule has 0 unspecified atom stereocenters. The molecule has 1 aromatic heterocycles. The zero-order valence-corrected chi connectivity index (χ0v) is 12.8. The van der Waals surface area contributed by atoms with Crippen LogP contribution in [-0.4, -0.2) is 6.04 Å². The second kappa shape index (κ2) is 6.82. The Balaban J connectivity index is 1.90. The molecule has 0 atom stereocenters. The van der Waals surface area contributed by atoms with Crippen LogP contribution >= 0.6 is 11.6 Å². The number of halogens is 1.